The van der Waals surface area contributed by atoms with Crippen molar-refractivity contribution in [3.63, 3.8) is 0 Å². The largest absolute Gasteiger partial charge is 0.328 e. The summed E-state index contributed by atoms with van der Waals surface area (Å²) in [4.78, 5) is 25.3. The van der Waals surface area contributed by atoms with E-state index in [2.05, 4.69) is 0 Å². The van der Waals surface area contributed by atoms with Crippen LogP contribution < -0.4 is 5.73 Å². The molecular formula is C13H16N2O2. The first-order valence-corrected chi connectivity index (χ1v) is 5.73. The summed E-state index contributed by atoms with van der Waals surface area (Å²) in [6, 6.07) is 5.32. The van der Waals surface area contributed by atoms with Crippen molar-refractivity contribution in [3.05, 3.63) is 34.9 Å². The number of fused-ring (bicyclic) bond motifs is 1. The van der Waals surface area contributed by atoms with Crippen LogP contribution in [0.3, 0.4) is 0 Å². The molecule has 2 N–H and O–H groups in total. The minimum Gasteiger partial charge on any atom is -0.328 e. The fraction of sp³-hybridized carbons (Fsp3) is 0.385. The highest BCUT2D eigenvalue weighted by molar-refractivity contribution is 6.21. The van der Waals surface area contributed by atoms with E-state index in [0.717, 1.165) is 5.56 Å². The monoisotopic (exact) mass is 232 g/mol. The SMILES string of the molecule is Cc1ccc2c(c1)C(=O)N(CCC(C)N)C2=O. The fourth-order valence-corrected chi connectivity index (χ4v) is 1.94. The van der Waals surface area contributed by atoms with Crippen LogP contribution in [0.25, 0.3) is 0 Å². The quantitative estimate of drug-likeness (QED) is 0.800. The van der Waals surface area contributed by atoms with E-state index in [0.29, 0.717) is 24.1 Å². The Kier molecular flexibility index (Phi) is 2.98. The molecule has 4 heteroatoms. The number of aryl methyl sites for hydroxylation is 1. The molecule has 1 aromatic carbocycles. The fourth-order valence-electron chi connectivity index (χ4n) is 1.94. The molecule has 0 saturated heterocycles. The highest BCUT2D eigenvalue weighted by Gasteiger charge is 2.34. The number of imide groups is 1. The van der Waals surface area contributed by atoms with Crippen LogP contribution in [-0.2, 0) is 0 Å². The molecule has 1 atom stereocenters. The number of hydrogen-bond acceptors (Lipinski definition) is 3. The standard InChI is InChI=1S/C13H16N2O2/c1-8-3-4-10-11(7-8)13(17)15(12(10)16)6-5-9(2)14/h3-4,7,9H,5-6,14H2,1-2H3. The summed E-state index contributed by atoms with van der Waals surface area (Å²) in [5.74, 6) is -0.403. The summed E-state index contributed by atoms with van der Waals surface area (Å²) in [6.07, 6.45) is 0.629. The van der Waals surface area contributed by atoms with Crippen molar-refractivity contribution >= 4 is 11.8 Å². The molecule has 90 valence electrons. The number of hydrogen-bond donors (Lipinski definition) is 1. The molecule has 0 fully saturated rings. The van der Waals surface area contributed by atoms with Gasteiger partial charge in [-0.1, -0.05) is 11.6 Å². The Morgan fingerprint density at radius 3 is 2.53 bits per heavy atom. The van der Waals surface area contributed by atoms with Crippen LogP contribution in [0.1, 0.15) is 39.6 Å². The number of rotatable bonds is 3. The van der Waals surface area contributed by atoms with Crippen LogP contribution >= 0.6 is 0 Å². The van der Waals surface area contributed by atoms with Crippen LogP contribution in [0.5, 0.6) is 0 Å². The zero-order valence-corrected chi connectivity index (χ0v) is 10.1. The molecule has 0 spiro atoms. The summed E-state index contributed by atoms with van der Waals surface area (Å²) >= 11 is 0. The third-order valence-corrected chi connectivity index (χ3v) is 2.93. The Morgan fingerprint density at radius 1 is 1.24 bits per heavy atom. The zero-order valence-electron chi connectivity index (χ0n) is 10.1. The molecule has 1 heterocycles. The Bertz CT molecular complexity index is 480. The summed E-state index contributed by atoms with van der Waals surface area (Å²) < 4.78 is 0. The highest BCUT2D eigenvalue weighted by atomic mass is 16.2. The van der Waals surface area contributed by atoms with Crippen molar-refractivity contribution in [2.24, 2.45) is 5.73 Å². The summed E-state index contributed by atoms with van der Waals surface area (Å²) in [6.45, 7) is 4.16. The Balaban J connectivity index is 2.26. The predicted molar refractivity (Wildman–Crippen MR) is 64.8 cm³/mol. The molecule has 1 aliphatic rings. The van der Waals surface area contributed by atoms with Crippen molar-refractivity contribution in [2.45, 2.75) is 26.3 Å². The molecule has 17 heavy (non-hydrogen) atoms. The van der Waals surface area contributed by atoms with Crippen LogP contribution in [0.15, 0.2) is 18.2 Å². The molecule has 0 saturated carbocycles. The second kappa shape index (κ2) is 4.30. The van der Waals surface area contributed by atoms with Crippen molar-refractivity contribution in [3.8, 4) is 0 Å². The van der Waals surface area contributed by atoms with E-state index >= 15 is 0 Å². The first-order chi connectivity index (χ1) is 8.00. The van der Waals surface area contributed by atoms with Gasteiger partial charge in [-0.3, -0.25) is 14.5 Å². The number of nitrogens with zero attached hydrogens (tertiary/aromatic N) is 1. The summed E-state index contributed by atoms with van der Waals surface area (Å²) in [5.41, 5.74) is 7.64. The molecule has 1 aromatic rings. The van der Waals surface area contributed by atoms with E-state index in [1.807, 2.05) is 19.9 Å². The van der Waals surface area contributed by atoms with Gasteiger partial charge in [0.2, 0.25) is 0 Å². The van der Waals surface area contributed by atoms with Crippen LogP contribution in [0.4, 0.5) is 0 Å². The van der Waals surface area contributed by atoms with Gasteiger partial charge < -0.3 is 5.73 Å². The van der Waals surface area contributed by atoms with Gasteiger partial charge in [0.25, 0.3) is 11.8 Å². The maximum Gasteiger partial charge on any atom is 0.261 e. The molecule has 0 radical (unpaired) electrons. The van der Waals surface area contributed by atoms with Crippen molar-refractivity contribution in [1.29, 1.82) is 0 Å². The lowest BCUT2D eigenvalue weighted by Gasteiger charge is -2.14. The van der Waals surface area contributed by atoms with Gasteiger partial charge in [0.15, 0.2) is 0 Å². The van der Waals surface area contributed by atoms with E-state index in [4.69, 9.17) is 5.73 Å². The molecule has 1 aliphatic heterocycles. The third-order valence-electron chi connectivity index (χ3n) is 2.93. The van der Waals surface area contributed by atoms with E-state index in [-0.39, 0.29) is 17.9 Å². The number of nitrogens with two attached hydrogens (primary N) is 1. The Labute approximate surface area is 100 Å². The maximum atomic E-state index is 12.0. The van der Waals surface area contributed by atoms with Gasteiger partial charge in [0, 0.05) is 12.6 Å². The molecule has 0 aromatic heterocycles. The van der Waals surface area contributed by atoms with Crippen molar-refractivity contribution in [2.75, 3.05) is 6.54 Å². The third kappa shape index (κ3) is 2.08. The molecule has 2 rings (SSSR count). The first-order valence-electron chi connectivity index (χ1n) is 5.73. The van der Waals surface area contributed by atoms with Gasteiger partial charge >= 0.3 is 0 Å². The summed E-state index contributed by atoms with van der Waals surface area (Å²) in [7, 11) is 0. The lowest BCUT2D eigenvalue weighted by molar-refractivity contribution is 0.0651. The van der Waals surface area contributed by atoms with Crippen molar-refractivity contribution < 1.29 is 9.59 Å². The number of benzene rings is 1. The maximum absolute atomic E-state index is 12.0. The lowest BCUT2D eigenvalue weighted by atomic mass is 10.1. The molecule has 0 bridgehead atoms. The Hall–Kier alpha value is -1.68. The average molecular weight is 232 g/mol. The minimum absolute atomic E-state index is 0.0129. The van der Waals surface area contributed by atoms with Gasteiger partial charge in [0.1, 0.15) is 0 Å². The Morgan fingerprint density at radius 2 is 1.88 bits per heavy atom. The minimum atomic E-state index is -0.203. The number of carbonyl (C=O) groups is 2. The van der Waals surface area contributed by atoms with Crippen LogP contribution in [0, 0.1) is 6.92 Å². The van der Waals surface area contributed by atoms with Gasteiger partial charge in [-0.05, 0) is 32.4 Å². The van der Waals surface area contributed by atoms with Gasteiger partial charge in [-0.15, -0.1) is 0 Å². The second-order valence-electron chi connectivity index (χ2n) is 4.58. The van der Waals surface area contributed by atoms with Crippen molar-refractivity contribution in [1.82, 2.24) is 4.90 Å². The number of amides is 2. The van der Waals surface area contributed by atoms with E-state index < -0.39 is 0 Å². The second-order valence-corrected chi connectivity index (χ2v) is 4.58. The first kappa shape index (κ1) is 11.8. The predicted octanol–water partition coefficient (Wildman–Crippen LogP) is 1.33. The topological polar surface area (TPSA) is 63.4 Å². The van der Waals surface area contributed by atoms with Crippen LogP contribution in [-0.4, -0.2) is 29.3 Å². The normalized spacial score (nSPS) is 16.3. The smallest absolute Gasteiger partial charge is 0.261 e. The zero-order chi connectivity index (χ0) is 12.6. The molecule has 1 unspecified atom stereocenters. The van der Waals surface area contributed by atoms with Crippen LogP contribution in [0.2, 0.25) is 0 Å². The molecule has 0 aliphatic carbocycles. The highest BCUT2D eigenvalue weighted by Crippen LogP contribution is 2.23. The van der Waals surface area contributed by atoms with E-state index in [1.54, 1.807) is 12.1 Å². The molecular weight excluding hydrogens is 216 g/mol. The molecule has 2 amide bonds. The summed E-state index contributed by atoms with van der Waals surface area (Å²) in [5, 5.41) is 0. The van der Waals surface area contributed by atoms with Gasteiger partial charge in [-0.25, -0.2) is 0 Å². The van der Waals surface area contributed by atoms with Gasteiger partial charge in [-0.2, -0.15) is 0 Å². The lowest BCUT2D eigenvalue weighted by Crippen LogP contribution is -2.33. The van der Waals surface area contributed by atoms with E-state index in [1.165, 1.54) is 4.90 Å². The van der Waals surface area contributed by atoms with Gasteiger partial charge in [0.05, 0.1) is 11.1 Å². The van der Waals surface area contributed by atoms with E-state index in [9.17, 15) is 9.59 Å². The average Bonchev–Trinajstić information content (AvgIpc) is 2.49. The molecule has 4 nitrogen and oxygen atoms in total. The number of carbonyl (C=O) groups excluding carboxylic acids is 2.